The van der Waals surface area contributed by atoms with Crippen molar-refractivity contribution in [3.63, 3.8) is 0 Å². The first-order chi connectivity index (χ1) is 12.9. The van der Waals surface area contributed by atoms with Crippen LogP contribution < -0.4 is 10.4 Å². The van der Waals surface area contributed by atoms with Crippen molar-refractivity contribution in [3.8, 4) is 5.75 Å². The summed E-state index contributed by atoms with van der Waals surface area (Å²) < 4.78 is 24.6. The fourth-order valence-corrected chi connectivity index (χ4v) is 2.88. The molecular formula is C21H20FNO4. The Morgan fingerprint density at radius 1 is 1.19 bits per heavy atom. The van der Waals surface area contributed by atoms with Crippen molar-refractivity contribution >= 4 is 16.9 Å². The van der Waals surface area contributed by atoms with Gasteiger partial charge in [0, 0.05) is 36.2 Å². The molecule has 0 aliphatic rings. The summed E-state index contributed by atoms with van der Waals surface area (Å²) in [6, 6.07) is 11.3. The third kappa shape index (κ3) is 4.00. The summed E-state index contributed by atoms with van der Waals surface area (Å²) >= 11 is 0. The second-order valence-electron chi connectivity index (χ2n) is 6.44. The lowest BCUT2D eigenvalue weighted by Gasteiger charge is -2.18. The molecule has 1 heterocycles. The zero-order valence-electron chi connectivity index (χ0n) is 15.4. The third-order valence-corrected chi connectivity index (χ3v) is 4.46. The van der Waals surface area contributed by atoms with Crippen molar-refractivity contribution in [2.45, 2.75) is 20.4 Å². The molecule has 2 aromatic carbocycles. The van der Waals surface area contributed by atoms with Crippen LogP contribution in [-0.2, 0) is 11.3 Å². The van der Waals surface area contributed by atoms with Crippen LogP contribution in [-0.4, -0.2) is 24.5 Å². The Balaban J connectivity index is 1.72. The average molecular weight is 369 g/mol. The van der Waals surface area contributed by atoms with Gasteiger partial charge in [0.25, 0.3) is 5.91 Å². The van der Waals surface area contributed by atoms with Crippen LogP contribution in [0.4, 0.5) is 4.39 Å². The number of amides is 1. The monoisotopic (exact) mass is 369 g/mol. The molecular weight excluding hydrogens is 349 g/mol. The molecule has 0 unspecified atom stereocenters. The number of benzene rings is 2. The molecule has 0 N–H and O–H groups in total. The van der Waals surface area contributed by atoms with Crippen molar-refractivity contribution < 1.29 is 18.3 Å². The first-order valence-corrected chi connectivity index (χ1v) is 8.51. The van der Waals surface area contributed by atoms with Gasteiger partial charge >= 0.3 is 5.63 Å². The third-order valence-electron chi connectivity index (χ3n) is 4.46. The lowest BCUT2D eigenvalue weighted by atomic mass is 10.1. The zero-order chi connectivity index (χ0) is 19.6. The van der Waals surface area contributed by atoms with Gasteiger partial charge in [0.1, 0.15) is 17.1 Å². The average Bonchev–Trinajstić information content (AvgIpc) is 2.63. The van der Waals surface area contributed by atoms with Gasteiger partial charge in [-0.2, -0.15) is 0 Å². The fourth-order valence-electron chi connectivity index (χ4n) is 2.88. The fraction of sp³-hybridized carbons (Fsp3) is 0.238. The number of hydrogen-bond donors (Lipinski definition) is 0. The molecule has 3 aromatic rings. The van der Waals surface area contributed by atoms with Gasteiger partial charge < -0.3 is 14.1 Å². The van der Waals surface area contributed by atoms with Gasteiger partial charge in [0.15, 0.2) is 6.61 Å². The Morgan fingerprint density at radius 2 is 1.93 bits per heavy atom. The van der Waals surface area contributed by atoms with Crippen LogP contribution in [0.3, 0.4) is 0 Å². The van der Waals surface area contributed by atoms with Crippen LogP contribution in [0, 0.1) is 19.7 Å². The summed E-state index contributed by atoms with van der Waals surface area (Å²) in [6.07, 6.45) is 0. The molecule has 0 atom stereocenters. The summed E-state index contributed by atoms with van der Waals surface area (Å²) in [7, 11) is 1.59. The standard InChI is InChI=1S/C21H20FNO4/c1-13-10-20(25)27-21-14(2)18(9-8-16(13)21)26-12-19(24)23(3)11-15-6-4-5-7-17(15)22/h4-10H,11-12H2,1-3H3. The van der Waals surface area contributed by atoms with E-state index in [4.69, 9.17) is 9.15 Å². The van der Waals surface area contributed by atoms with Crippen LogP contribution in [0.25, 0.3) is 11.0 Å². The molecule has 0 fully saturated rings. The van der Waals surface area contributed by atoms with Gasteiger partial charge in [-0.25, -0.2) is 9.18 Å². The second-order valence-corrected chi connectivity index (χ2v) is 6.44. The van der Waals surface area contributed by atoms with Crippen LogP contribution >= 0.6 is 0 Å². The highest BCUT2D eigenvalue weighted by Gasteiger charge is 2.15. The molecule has 3 rings (SSSR count). The molecule has 0 aliphatic carbocycles. The van der Waals surface area contributed by atoms with Crippen molar-refractivity contribution in [2.24, 2.45) is 0 Å². The van der Waals surface area contributed by atoms with E-state index >= 15 is 0 Å². The van der Waals surface area contributed by atoms with Crippen LogP contribution in [0.2, 0.25) is 0 Å². The highest BCUT2D eigenvalue weighted by atomic mass is 19.1. The quantitative estimate of drug-likeness (QED) is 0.645. The molecule has 0 aliphatic heterocycles. The SMILES string of the molecule is Cc1cc(=O)oc2c(C)c(OCC(=O)N(C)Cc3ccccc3F)ccc12. The molecule has 27 heavy (non-hydrogen) atoms. The van der Waals surface area contributed by atoms with E-state index in [2.05, 4.69) is 0 Å². The molecule has 0 bridgehead atoms. The van der Waals surface area contributed by atoms with E-state index in [1.54, 1.807) is 44.3 Å². The topological polar surface area (TPSA) is 59.8 Å². The first kappa shape index (κ1) is 18.6. The molecule has 0 radical (unpaired) electrons. The number of halogens is 1. The maximum atomic E-state index is 13.7. The van der Waals surface area contributed by atoms with Gasteiger partial charge in [-0.15, -0.1) is 0 Å². The predicted molar refractivity (Wildman–Crippen MR) is 100 cm³/mol. The number of rotatable bonds is 5. The molecule has 0 spiro atoms. The summed E-state index contributed by atoms with van der Waals surface area (Å²) in [6.45, 7) is 3.56. The van der Waals surface area contributed by atoms with Crippen molar-refractivity contribution in [1.82, 2.24) is 4.90 Å². The molecule has 140 valence electrons. The van der Waals surface area contributed by atoms with E-state index in [9.17, 15) is 14.0 Å². The number of hydrogen-bond acceptors (Lipinski definition) is 4. The summed E-state index contributed by atoms with van der Waals surface area (Å²) in [5, 5.41) is 0.822. The summed E-state index contributed by atoms with van der Waals surface area (Å²) in [5.41, 5.74) is 1.92. The molecule has 1 aromatic heterocycles. The van der Waals surface area contributed by atoms with Crippen LogP contribution in [0.5, 0.6) is 5.75 Å². The summed E-state index contributed by atoms with van der Waals surface area (Å²) in [5.74, 6) is -0.179. The predicted octanol–water partition coefficient (Wildman–Crippen LogP) is 3.59. The van der Waals surface area contributed by atoms with Gasteiger partial charge in [-0.1, -0.05) is 18.2 Å². The van der Waals surface area contributed by atoms with E-state index in [1.165, 1.54) is 17.0 Å². The van der Waals surface area contributed by atoms with Crippen molar-refractivity contribution in [1.29, 1.82) is 0 Å². The van der Waals surface area contributed by atoms with E-state index in [1.807, 2.05) is 6.92 Å². The highest BCUT2D eigenvalue weighted by molar-refractivity contribution is 5.85. The lowest BCUT2D eigenvalue weighted by molar-refractivity contribution is -0.132. The zero-order valence-corrected chi connectivity index (χ0v) is 15.4. The number of aryl methyl sites for hydroxylation is 2. The van der Waals surface area contributed by atoms with Gasteiger partial charge in [0.05, 0.1) is 0 Å². The molecule has 6 heteroatoms. The lowest BCUT2D eigenvalue weighted by Crippen LogP contribution is -2.31. The van der Waals surface area contributed by atoms with Crippen molar-refractivity contribution in [2.75, 3.05) is 13.7 Å². The second kappa shape index (κ2) is 7.61. The Morgan fingerprint density at radius 3 is 2.67 bits per heavy atom. The van der Waals surface area contributed by atoms with E-state index < -0.39 is 5.63 Å². The maximum absolute atomic E-state index is 13.7. The number of ether oxygens (including phenoxy) is 1. The Hall–Kier alpha value is -3.15. The number of fused-ring (bicyclic) bond motifs is 1. The molecule has 1 amide bonds. The first-order valence-electron chi connectivity index (χ1n) is 8.51. The normalized spacial score (nSPS) is 10.8. The van der Waals surface area contributed by atoms with E-state index in [0.717, 1.165) is 10.9 Å². The highest BCUT2D eigenvalue weighted by Crippen LogP contribution is 2.28. The molecule has 0 saturated heterocycles. The van der Waals surface area contributed by atoms with Gasteiger partial charge in [0.2, 0.25) is 0 Å². The Labute approximate surface area is 156 Å². The molecule has 0 saturated carbocycles. The number of likely N-dealkylation sites (N-methyl/N-ethyl adjacent to an activating group) is 1. The number of nitrogens with zero attached hydrogens (tertiary/aromatic N) is 1. The van der Waals surface area contributed by atoms with E-state index in [-0.39, 0.29) is 24.9 Å². The van der Waals surface area contributed by atoms with Crippen LogP contribution in [0.1, 0.15) is 16.7 Å². The minimum Gasteiger partial charge on any atom is -0.483 e. The van der Waals surface area contributed by atoms with Gasteiger partial charge in [-0.05, 0) is 37.6 Å². The molecule has 5 nitrogen and oxygen atoms in total. The van der Waals surface area contributed by atoms with E-state index in [0.29, 0.717) is 22.5 Å². The minimum absolute atomic E-state index is 0.152. The number of carbonyl (C=O) groups is 1. The van der Waals surface area contributed by atoms with Gasteiger partial charge in [-0.3, -0.25) is 4.79 Å². The minimum atomic E-state index is -0.430. The van der Waals surface area contributed by atoms with Crippen LogP contribution in [0.15, 0.2) is 51.7 Å². The largest absolute Gasteiger partial charge is 0.483 e. The number of carbonyl (C=O) groups excluding carboxylic acids is 1. The Bertz CT molecular complexity index is 1060. The van der Waals surface area contributed by atoms with Crippen molar-refractivity contribution in [3.05, 3.63) is 75.4 Å². The maximum Gasteiger partial charge on any atom is 0.336 e. The Kier molecular flexibility index (Phi) is 5.26. The summed E-state index contributed by atoms with van der Waals surface area (Å²) in [4.78, 5) is 25.3. The smallest absolute Gasteiger partial charge is 0.336 e.